The molecule has 6 nitrogen and oxygen atoms in total. The van der Waals surface area contributed by atoms with Crippen LogP contribution >= 0.6 is 0 Å². The van der Waals surface area contributed by atoms with E-state index in [2.05, 4.69) is 15.5 Å². The average molecular weight is 361 g/mol. The zero-order valence-electron chi connectivity index (χ0n) is 16.0. The van der Waals surface area contributed by atoms with Gasteiger partial charge in [-0.2, -0.15) is 0 Å². The third-order valence-electron chi connectivity index (χ3n) is 4.95. The van der Waals surface area contributed by atoms with Crippen LogP contribution in [0, 0.1) is 5.92 Å². The van der Waals surface area contributed by atoms with Crippen molar-refractivity contribution in [3.8, 4) is 0 Å². The lowest BCUT2D eigenvalue weighted by Crippen LogP contribution is -2.35. The van der Waals surface area contributed by atoms with Crippen LogP contribution in [0.2, 0.25) is 0 Å². The minimum atomic E-state index is -0.257. The summed E-state index contributed by atoms with van der Waals surface area (Å²) in [4.78, 5) is 26.5. The van der Waals surface area contributed by atoms with E-state index in [0.717, 1.165) is 18.8 Å². The number of nitrogens with zero attached hydrogens (tertiary/aromatic N) is 1. The minimum Gasteiger partial charge on any atom is -0.327 e. The number of carbonyl (C=O) groups is 2. The quantitative estimate of drug-likeness (QED) is 0.728. The maximum absolute atomic E-state index is 12.3. The second kappa shape index (κ2) is 10.3. The van der Waals surface area contributed by atoms with Crippen molar-refractivity contribution in [2.45, 2.75) is 52.0 Å². The van der Waals surface area contributed by atoms with Gasteiger partial charge in [-0.15, -0.1) is 0 Å². The van der Waals surface area contributed by atoms with Gasteiger partial charge in [0.2, 0.25) is 11.8 Å². The first-order valence-electron chi connectivity index (χ1n) is 9.64. The van der Waals surface area contributed by atoms with E-state index < -0.39 is 0 Å². The number of likely N-dealkylation sites (tertiary alicyclic amines) is 1. The Morgan fingerprint density at radius 2 is 1.46 bits per heavy atom. The molecule has 1 heterocycles. The van der Waals surface area contributed by atoms with Crippen LogP contribution in [0.15, 0.2) is 24.3 Å². The van der Waals surface area contributed by atoms with Gasteiger partial charge in [0.15, 0.2) is 0 Å². The molecule has 0 aromatic heterocycles. The van der Waals surface area contributed by atoms with Gasteiger partial charge in [-0.3, -0.25) is 14.5 Å². The van der Waals surface area contributed by atoms with Gasteiger partial charge in [0.05, 0.1) is 12.5 Å². The molecule has 1 fully saturated rings. The van der Waals surface area contributed by atoms with Crippen molar-refractivity contribution in [1.29, 1.82) is 0 Å². The Morgan fingerprint density at radius 1 is 0.962 bits per heavy atom. The van der Waals surface area contributed by atoms with Gasteiger partial charge in [0.25, 0.3) is 0 Å². The van der Waals surface area contributed by atoms with Gasteiger partial charge >= 0.3 is 0 Å². The molecule has 1 aliphatic heterocycles. The normalized spacial score (nSPS) is 18.3. The summed E-state index contributed by atoms with van der Waals surface area (Å²) in [6.45, 7) is 6.05. The second-order valence-corrected chi connectivity index (χ2v) is 7.31. The molecule has 2 rings (SSSR count). The smallest absolute Gasteiger partial charge is 0.238 e. The number of carbonyl (C=O) groups excluding carboxylic acids is 2. The summed E-state index contributed by atoms with van der Waals surface area (Å²) in [5, 5.41) is 5.78. The Morgan fingerprint density at radius 3 is 2.00 bits per heavy atom. The van der Waals surface area contributed by atoms with E-state index in [4.69, 9.17) is 5.73 Å². The van der Waals surface area contributed by atoms with Gasteiger partial charge < -0.3 is 16.4 Å². The molecular formula is C20H32N4O2. The summed E-state index contributed by atoms with van der Waals surface area (Å²) in [5.41, 5.74) is 7.19. The van der Waals surface area contributed by atoms with Gasteiger partial charge in [-0.1, -0.05) is 26.2 Å². The Bertz CT molecular complexity index is 578. The summed E-state index contributed by atoms with van der Waals surface area (Å²) in [6.07, 6.45) is 6.16. The molecule has 2 atom stereocenters. The van der Waals surface area contributed by atoms with Crippen LogP contribution in [0.5, 0.6) is 0 Å². The zero-order valence-corrected chi connectivity index (χ0v) is 16.0. The molecule has 1 aromatic carbocycles. The predicted molar refractivity (Wildman–Crippen MR) is 106 cm³/mol. The molecule has 0 saturated carbocycles. The molecule has 26 heavy (non-hydrogen) atoms. The number of nitrogens with two attached hydrogens (primary N) is 1. The topological polar surface area (TPSA) is 87.5 Å². The lowest BCUT2D eigenvalue weighted by atomic mass is 10.0. The Labute approximate surface area is 156 Å². The highest BCUT2D eigenvalue weighted by Gasteiger charge is 2.17. The standard InChI is InChI=1S/C20H32N4O2/c1-15(16(2)21)20(26)23-18-10-8-17(9-11-18)22-19(25)14-24-12-6-4-3-5-7-13-24/h8-11,15-16H,3-7,12-14,21H2,1-2H3,(H,22,25)(H,23,26). The molecule has 0 spiro atoms. The fourth-order valence-corrected chi connectivity index (χ4v) is 3.01. The number of nitrogens with one attached hydrogen (secondary N) is 2. The number of hydrogen-bond acceptors (Lipinski definition) is 4. The van der Waals surface area contributed by atoms with Crippen LogP contribution in [0.4, 0.5) is 11.4 Å². The number of rotatable bonds is 6. The van der Waals surface area contributed by atoms with Crippen LogP contribution in [-0.2, 0) is 9.59 Å². The van der Waals surface area contributed by atoms with Crippen molar-refractivity contribution >= 4 is 23.2 Å². The van der Waals surface area contributed by atoms with E-state index in [0.29, 0.717) is 12.2 Å². The van der Waals surface area contributed by atoms with Crippen molar-refractivity contribution in [2.75, 3.05) is 30.3 Å². The van der Waals surface area contributed by atoms with Crippen molar-refractivity contribution in [1.82, 2.24) is 4.90 Å². The highest BCUT2D eigenvalue weighted by atomic mass is 16.2. The average Bonchev–Trinajstić information content (AvgIpc) is 2.58. The molecule has 6 heteroatoms. The third kappa shape index (κ3) is 6.77. The van der Waals surface area contributed by atoms with Crippen molar-refractivity contribution in [3.05, 3.63) is 24.3 Å². The fraction of sp³-hybridized carbons (Fsp3) is 0.600. The van der Waals surface area contributed by atoms with Gasteiger partial charge in [0.1, 0.15) is 0 Å². The SMILES string of the molecule is CC(N)C(C)C(=O)Nc1ccc(NC(=O)CN2CCCCCCC2)cc1. The summed E-state index contributed by atoms with van der Waals surface area (Å²) >= 11 is 0. The van der Waals surface area contributed by atoms with Gasteiger partial charge in [0, 0.05) is 17.4 Å². The molecular weight excluding hydrogens is 328 g/mol. The molecule has 1 saturated heterocycles. The van der Waals surface area contributed by atoms with Crippen LogP contribution < -0.4 is 16.4 Å². The first kappa shape index (κ1) is 20.4. The van der Waals surface area contributed by atoms with E-state index in [-0.39, 0.29) is 23.8 Å². The summed E-state index contributed by atoms with van der Waals surface area (Å²) < 4.78 is 0. The molecule has 1 aliphatic rings. The van der Waals surface area contributed by atoms with Crippen LogP contribution in [0.25, 0.3) is 0 Å². The molecule has 0 aliphatic carbocycles. The van der Waals surface area contributed by atoms with E-state index in [9.17, 15) is 9.59 Å². The Balaban J connectivity index is 1.82. The number of anilines is 2. The van der Waals surface area contributed by atoms with Gasteiger partial charge in [-0.05, 0) is 57.1 Å². The molecule has 2 unspecified atom stereocenters. The minimum absolute atomic E-state index is 0.00735. The number of amides is 2. The van der Waals surface area contributed by atoms with Crippen LogP contribution in [0.1, 0.15) is 46.0 Å². The molecule has 2 amide bonds. The number of hydrogen-bond donors (Lipinski definition) is 3. The maximum atomic E-state index is 12.3. The second-order valence-electron chi connectivity index (χ2n) is 7.31. The van der Waals surface area contributed by atoms with E-state index in [1.165, 1.54) is 32.1 Å². The highest BCUT2D eigenvalue weighted by molar-refractivity contribution is 5.94. The molecule has 0 radical (unpaired) electrons. The van der Waals surface area contributed by atoms with Gasteiger partial charge in [-0.25, -0.2) is 0 Å². The highest BCUT2D eigenvalue weighted by Crippen LogP contribution is 2.16. The molecule has 4 N–H and O–H groups in total. The van der Waals surface area contributed by atoms with Crippen molar-refractivity contribution in [2.24, 2.45) is 11.7 Å². The maximum Gasteiger partial charge on any atom is 0.238 e. The summed E-state index contributed by atoms with van der Waals surface area (Å²) in [6, 6.07) is 6.99. The van der Waals surface area contributed by atoms with E-state index in [1.54, 1.807) is 31.2 Å². The first-order valence-corrected chi connectivity index (χ1v) is 9.64. The van der Waals surface area contributed by atoms with Crippen molar-refractivity contribution < 1.29 is 9.59 Å². The van der Waals surface area contributed by atoms with Crippen LogP contribution in [-0.4, -0.2) is 42.4 Å². The fourth-order valence-electron chi connectivity index (χ4n) is 3.01. The lowest BCUT2D eigenvalue weighted by molar-refractivity contribution is -0.120. The van der Waals surface area contributed by atoms with E-state index >= 15 is 0 Å². The summed E-state index contributed by atoms with van der Waals surface area (Å²) in [5.74, 6) is -0.353. The van der Waals surface area contributed by atoms with Crippen LogP contribution in [0.3, 0.4) is 0 Å². The lowest BCUT2D eigenvalue weighted by Gasteiger charge is -2.23. The zero-order chi connectivity index (χ0) is 18.9. The third-order valence-corrected chi connectivity index (χ3v) is 4.95. The Hall–Kier alpha value is -1.92. The summed E-state index contributed by atoms with van der Waals surface area (Å²) in [7, 11) is 0. The molecule has 1 aromatic rings. The predicted octanol–water partition coefficient (Wildman–Crippen LogP) is 2.81. The number of benzene rings is 1. The van der Waals surface area contributed by atoms with Crippen molar-refractivity contribution in [3.63, 3.8) is 0 Å². The van der Waals surface area contributed by atoms with E-state index in [1.807, 2.05) is 6.92 Å². The molecule has 0 bridgehead atoms. The Kier molecular flexibility index (Phi) is 8.06. The largest absolute Gasteiger partial charge is 0.327 e. The first-order chi connectivity index (χ1) is 12.5. The molecule has 144 valence electrons. The monoisotopic (exact) mass is 360 g/mol.